The van der Waals surface area contributed by atoms with Crippen LogP contribution in [0, 0.1) is 40.8 Å². The highest BCUT2D eigenvalue weighted by Gasteiger charge is 2.30. The third-order valence-corrected chi connectivity index (χ3v) is 7.81. The zero-order chi connectivity index (χ0) is 21.2. The summed E-state index contributed by atoms with van der Waals surface area (Å²) in [5.74, 6) is 3.45. The highest BCUT2D eigenvalue weighted by atomic mass is 19.1. The molecule has 2 fully saturated rings. The molecule has 0 unspecified atom stereocenters. The molecule has 0 saturated heterocycles. The number of unbranched alkanes of at least 4 members (excludes halogenated alkanes) is 2. The average Bonchev–Trinajstić information content (AvgIpc) is 2.78. The number of rotatable bonds is 9. The Morgan fingerprint density at radius 3 is 2.20 bits per heavy atom. The van der Waals surface area contributed by atoms with E-state index in [0.717, 1.165) is 42.1 Å². The van der Waals surface area contributed by atoms with Crippen LogP contribution in [0.25, 0.3) is 0 Å². The first-order chi connectivity index (χ1) is 14.7. The van der Waals surface area contributed by atoms with Crippen molar-refractivity contribution in [3.8, 4) is 6.07 Å². The summed E-state index contributed by atoms with van der Waals surface area (Å²) in [4.78, 5) is 0. The lowest BCUT2D eigenvalue weighted by atomic mass is 9.68. The predicted molar refractivity (Wildman–Crippen MR) is 124 cm³/mol. The van der Waals surface area contributed by atoms with Crippen molar-refractivity contribution in [2.24, 2.45) is 23.7 Å². The van der Waals surface area contributed by atoms with Gasteiger partial charge in [0.05, 0.1) is 5.56 Å². The standard InChI is InChI=1S/C28H40FN/c1-2-3-4-7-22-10-15-25(16-11-22)26-17-12-23(13-18-26)8-5-6-9-24-14-19-27(21-30)28(29)20-24/h5-6,14,19-20,22-23,25-26H,2-4,7-13,15-18H2,1H3/b6-5-. The van der Waals surface area contributed by atoms with Gasteiger partial charge in [0.1, 0.15) is 11.9 Å². The van der Waals surface area contributed by atoms with Crippen molar-refractivity contribution in [3.63, 3.8) is 0 Å². The molecule has 3 rings (SSSR count). The van der Waals surface area contributed by atoms with E-state index in [-0.39, 0.29) is 5.56 Å². The van der Waals surface area contributed by atoms with E-state index in [4.69, 9.17) is 5.26 Å². The molecule has 2 saturated carbocycles. The molecular formula is C28H40FN. The molecule has 164 valence electrons. The van der Waals surface area contributed by atoms with Crippen molar-refractivity contribution in [1.29, 1.82) is 5.26 Å². The van der Waals surface area contributed by atoms with Gasteiger partial charge in [0, 0.05) is 0 Å². The van der Waals surface area contributed by atoms with Crippen molar-refractivity contribution >= 4 is 0 Å². The largest absolute Gasteiger partial charge is 0.206 e. The molecule has 0 aliphatic heterocycles. The van der Waals surface area contributed by atoms with Gasteiger partial charge in [-0.1, -0.05) is 63.7 Å². The number of nitriles is 1. The first kappa shape index (κ1) is 23.1. The Morgan fingerprint density at radius 1 is 0.933 bits per heavy atom. The predicted octanol–water partition coefficient (Wildman–Crippen LogP) is 8.38. The summed E-state index contributed by atoms with van der Waals surface area (Å²) in [5.41, 5.74) is 1.07. The molecule has 2 aliphatic rings. The van der Waals surface area contributed by atoms with Crippen LogP contribution in [-0.2, 0) is 6.42 Å². The first-order valence-corrected chi connectivity index (χ1v) is 12.5. The van der Waals surface area contributed by atoms with Gasteiger partial charge in [0.25, 0.3) is 0 Å². The van der Waals surface area contributed by atoms with Gasteiger partial charge in [-0.2, -0.15) is 5.26 Å². The van der Waals surface area contributed by atoms with Crippen LogP contribution in [0.4, 0.5) is 4.39 Å². The monoisotopic (exact) mass is 409 g/mol. The molecule has 0 N–H and O–H groups in total. The molecule has 0 bridgehead atoms. The highest BCUT2D eigenvalue weighted by Crippen LogP contribution is 2.42. The summed E-state index contributed by atoms with van der Waals surface area (Å²) in [7, 11) is 0. The van der Waals surface area contributed by atoms with E-state index in [1.807, 2.05) is 12.1 Å². The van der Waals surface area contributed by atoms with Gasteiger partial charge in [-0.15, -0.1) is 0 Å². The van der Waals surface area contributed by atoms with E-state index in [9.17, 15) is 4.39 Å². The average molecular weight is 410 g/mol. The van der Waals surface area contributed by atoms with Gasteiger partial charge in [-0.05, 0) is 92.7 Å². The minimum Gasteiger partial charge on any atom is -0.206 e. The summed E-state index contributed by atoms with van der Waals surface area (Å²) >= 11 is 0. The quantitative estimate of drug-likeness (QED) is 0.297. The molecule has 0 heterocycles. The Kier molecular flexibility index (Phi) is 9.44. The summed E-state index contributed by atoms with van der Waals surface area (Å²) < 4.78 is 13.7. The van der Waals surface area contributed by atoms with Crippen LogP contribution in [-0.4, -0.2) is 0 Å². The fraction of sp³-hybridized carbons (Fsp3) is 0.679. The third-order valence-electron chi connectivity index (χ3n) is 7.81. The van der Waals surface area contributed by atoms with E-state index in [0.29, 0.717) is 0 Å². The molecule has 1 aromatic rings. The number of hydrogen-bond acceptors (Lipinski definition) is 1. The van der Waals surface area contributed by atoms with Crippen LogP contribution in [0.2, 0.25) is 0 Å². The van der Waals surface area contributed by atoms with Crippen LogP contribution in [0.5, 0.6) is 0 Å². The second-order valence-electron chi connectivity index (χ2n) is 9.89. The number of halogens is 1. The lowest BCUT2D eigenvalue weighted by Gasteiger charge is -2.37. The van der Waals surface area contributed by atoms with Crippen molar-refractivity contribution in [3.05, 3.63) is 47.3 Å². The van der Waals surface area contributed by atoms with Crippen molar-refractivity contribution in [2.75, 3.05) is 0 Å². The molecule has 1 nitrogen and oxygen atoms in total. The van der Waals surface area contributed by atoms with E-state index in [1.54, 1.807) is 6.07 Å². The number of nitrogens with zero attached hydrogens (tertiary/aromatic N) is 1. The summed E-state index contributed by atoms with van der Waals surface area (Å²) in [6, 6.07) is 6.81. The second kappa shape index (κ2) is 12.3. The van der Waals surface area contributed by atoms with Crippen LogP contribution in [0.1, 0.15) is 102 Å². The molecule has 0 atom stereocenters. The maximum atomic E-state index is 13.7. The highest BCUT2D eigenvalue weighted by molar-refractivity contribution is 5.34. The van der Waals surface area contributed by atoms with Crippen LogP contribution in [0.15, 0.2) is 30.4 Å². The van der Waals surface area contributed by atoms with E-state index in [2.05, 4.69) is 19.1 Å². The van der Waals surface area contributed by atoms with Crippen molar-refractivity contribution < 1.29 is 4.39 Å². The summed E-state index contributed by atoms with van der Waals surface area (Å²) in [5, 5.41) is 8.82. The van der Waals surface area contributed by atoms with Gasteiger partial charge in [-0.25, -0.2) is 4.39 Å². The third kappa shape index (κ3) is 6.97. The van der Waals surface area contributed by atoms with E-state index in [1.165, 1.54) is 83.1 Å². The lowest BCUT2D eigenvalue weighted by Crippen LogP contribution is -2.25. The molecule has 1 aromatic carbocycles. The molecule has 0 aromatic heterocycles. The SMILES string of the molecule is CCCCCC1CCC(C2CCC(C/C=C\Cc3ccc(C#N)c(F)c3)CC2)CC1. The normalized spacial score (nSPS) is 27.2. The fourth-order valence-electron chi connectivity index (χ4n) is 5.81. The molecule has 2 aliphatic carbocycles. The maximum absolute atomic E-state index is 13.7. The van der Waals surface area contributed by atoms with Crippen LogP contribution >= 0.6 is 0 Å². The van der Waals surface area contributed by atoms with Crippen LogP contribution < -0.4 is 0 Å². The minimum absolute atomic E-state index is 0.129. The van der Waals surface area contributed by atoms with Gasteiger partial charge < -0.3 is 0 Å². The molecule has 0 radical (unpaired) electrons. The Labute approximate surface area is 183 Å². The summed E-state index contributed by atoms with van der Waals surface area (Å²) in [6.45, 7) is 2.31. The van der Waals surface area contributed by atoms with Crippen LogP contribution in [0.3, 0.4) is 0 Å². The smallest absolute Gasteiger partial charge is 0.141 e. The number of hydrogen-bond donors (Lipinski definition) is 0. The fourth-order valence-corrected chi connectivity index (χ4v) is 5.81. The van der Waals surface area contributed by atoms with Gasteiger partial charge >= 0.3 is 0 Å². The molecule has 0 spiro atoms. The lowest BCUT2D eigenvalue weighted by molar-refractivity contribution is 0.143. The van der Waals surface area contributed by atoms with E-state index >= 15 is 0 Å². The molecule has 0 amide bonds. The Hall–Kier alpha value is -1.62. The first-order valence-electron chi connectivity index (χ1n) is 12.5. The zero-order valence-electron chi connectivity index (χ0n) is 18.9. The van der Waals surface area contributed by atoms with Gasteiger partial charge in [-0.3, -0.25) is 0 Å². The van der Waals surface area contributed by atoms with Gasteiger partial charge in [0.15, 0.2) is 0 Å². The topological polar surface area (TPSA) is 23.8 Å². The molecular weight excluding hydrogens is 369 g/mol. The Bertz CT molecular complexity index is 700. The Balaban J connectivity index is 1.32. The van der Waals surface area contributed by atoms with Crippen molar-refractivity contribution in [1.82, 2.24) is 0 Å². The zero-order valence-corrected chi connectivity index (χ0v) is 18.9. The molecule has 30 heavy (non-hydrogen) atoms. The molecule has 2 heteroatoms. The minimum atomic E-state index is -0.406. The number of benzene rings is 1. The maximum Gasteiger partial charge on any atom is 0.141 e. The summed E-state index contributed by atoms with van der Waals surface area (Å²) in [6.07, 6.45) is 23.7. The second-order valence-corrected chi connectivity index (χ2v) is 9.89. The Morgan fingerprint density at radius 2 is 1.60 bits per heavy atom. The van der Waals surface area contributed by atoms with Crippen molar-refractivity contribution in [2.45, 2.75) is 96.8 Å². The van der Waals surface area contributed by atoms with E-state index < -0.39 is 5.82 Å². The number of allylic oxidation sites excluding steroid dienone is 2. The van der Waals surface area contributed by atoms with Gasteiger partial charge in [0.2, 0.25) is 0 Å².